The second-order valence-corrected chi connectivity index (χ2v) is 4.83. The number of nitrogens with two attached hydrogens (primary N) is 1. The van der Waals surface area contributed by atoms with Crippen LogP contribution in [0.3, 0.4) is 0 Å². The molecule has 1 aromatic carbocycles. The zero-order chi connectivity index (χ0) is 12.3. The van der Waals surface area contributed by atoms with E-state index in [0.29, 0.717) is 17.7 Å². The van der Waals surface area contributed by atoms with E-state index in [2.05, 4.69) is 35.3 Å². The Morgan fingerprint density at radius 2 is 2.12 bits per heavy atom. The van der Waals surface area contributed by atoms with Gasteiger partial charge in [0.1, 0.15) is 0 Å². The molecule has 0 radical (unpaired) electrons. The van der Waals surface area contributed by atoms with Crippen molar-refractivity contribution < 1.29 is 4.42 Å². The molecule has 0 aliphatic heterocycles. The van der Waals surface area contributed by atoms with Crippen LogP contribution >= 0.6 is 11.8 Å². The van der Waals surface area contributed by atoms with Crippen molar-refractivity contribution in [2.45, 2.75) is 30.4 Å². The molecule has 0 aliphatic carbocycles. The molecule has 0 saturated heterocycles. The van der Waals surface area contributed by atoms with Crippen molar-refractivity contribution in [1.82, 2.24) is 10.2 Å². The minimum Gasteiger partial charge on any atom is -0.416 e. The Morgan fingerprint density at radius 1 is 1.29 bits per heavy atom. The number of rotatable bonds is 4. The average Bonchev–Trinajstić information content (AvgIpc) is 2.69. The summed E-state index contributed by atoms with van der Waals surface area (Å²) in [6.45, 7) is 4.50. The highest BCUT2D eigenvalue weighted by atomic mass is 32.2. The van der Waals surface area contributed by atoms with Gasteiger partial charge in [0.25, 0.3) is 5.22 Å². The van der Waals surface area contributed by atoms with Crippen LogP contribution in [0.25, 0.3) is 0 Å². The van der Waals surface area contributed by atoms with Crippen LogP contribution < -0.4 is 5.73 Å². The third kappa shape index (κ3) is 3.08. The molecule has 0 saturated carbocycles. The quantitative estimate of drug-likeness (QED) is 0.901. The van der Waals surface area contributed by atoms with E-state index in [0.717, 1.165) is 11.3 Å². The van der Waals surface area contributed by atoms with Gasteiger partial charge in [0, 0.05) is 11.8 Å². The van der Waals surface area contributed by atoms with Crippen LogP contribution in [-0.4, -0.2) is 16.7 Å². The van der Waals surface area contributed by atoms with Crippen LogP contribution in [0.15, 0.2) is 32.7 Å². The first-order valence-electron chi connectivity index (χ1n) is 5.46. The SMILES string of the molecule is Cc1ccc(Sc2nnc(C)o2)c(CCN)c1. The van der Waals surface area contributed by atoms with E-state index in [9.17, 15) is 0 Å². The molecule has 2 rings (SSSR count). The van der Waals surface area contributed by atoms with Gasteiger partial charge in [0.15, 0.2) is 0 Å². The maximum atomic E-state index is 5.62. The third-order valence-electron chi connectivity index (χ3n) is 2.33. The fraction of sp³-hybridized carbons (Fsp3) is 0.333. The Labute approximate surface area is 105 Å². The van der Waals surface area contributed by atoms with Gasteiger partial charge in [-0.2, -0.15) is 0 Å². The Balaban J connectivity index is 2.25. The van der Waals surface area contributed by atoms with E-state index in [1.165, 1.54) is 22.9 Å². The predicted molar refractivity (Wildman–Crippen MR) is 67.1 cm³/mol. The van der Waals surface area contributed by atoms with Gasteiger partial charge in [0.2, 0.25) is 5.89 Å². The second kappa shape index (κ2) is 5.33. The number of hydrogen-bond acceptors (Lipinski definition) is 5. The lowest BCUT2D eigenvalue weighted by atomic mass is 10.1. The molecular weight excluding hydrogens is 234 g/mol. The zero-order valence-corrected chi connectivity index (χ0v) is 10.8. The highest BCUT2D eigenvalue weighted by molar-refractivity contribution is 7.99. The molecule has 0 fully saturated rings. The summed E-state index contributed by atoms with van der Waals surface area (Å²) in [4.78, 5) is 1.13. The number of aryl methyl sites for hydroxylation is 2. The van der Waals surface area contributed by atoms with Crippen molar-refractivity contribution in [2.75, 3.05) is 6.54 Å². The molecule has 90 valence electrons. The smallest absolute Gasteiger partial charge is 0.281 e. The lowest BCUT2D eigenvalue weighted by Crippen LogP contribution is -2.04. The molecule has 0 spiro atoms. The van der Waals surface area contributed by atoms with Crippen molar-refractivity contribution >= 4 is 11.8 Å². The molecule has 1 aromatic heterocycles. The van der Waals surface area contributed by atoms with Crippen LogP contribution in [0.1, 0.15) is 17.0 Å². The van der Waals surface area contributed by atoms with E-state index in [1.54, 1.807) is 6.92 Å². The maximum absolute atomic E-state index is 5.62. The van der Waals surface area contributed by atoms with Gasteiger partial charge in [-0.25, -0.2) is 0 Å². The molecule has 4 nitrogen and oxygen atoms in total. The first-order chi connectivity index (χ1) is 8.19. The number of hydrogen-bond donors (Lipinski definition) is 1. The topological polar surface area (TPSA) is 64.9 Å². The molecular formula is C12H15N3OS. The molecule has 0 amide bonds. The minimum atomic E-state index is 0.574. The lowest BCUT2D eigenvalue weighted by Gasteiger charge is -2.07. The van der Waals surface area contributed by atoms with E-state index >= 15 is 0 Å². The van der Waals surface area contributed by atoms with Crippen LogP contribution in [0.4, 0.5) is 0 Å². The van der Waals surface area contributed by atoms with Crippen molar-refractivity contribution in [2.24, 2.45) is 5.73 Å². The summed E-state index contributed by atoms with van der Waals surface area (Å²) in [6, 6.07) is 6.30. The summed E-state index contributed by atoms with van der Waals surface area (Å²) in [5, 5.41) is 8.37. The van der Waals surface area contributed by atoms with Crippen molar-refractivity contribution in [3.05, 3.63) is 35.2 Å². The predicted octanol–water partition coefficient (Wildman–Crippen LogP) is 2.34. The second-order valence-electron chi connectivity index (χ2n) is 3.84. The molecule has 17 heavy (non-hydrogen) atoms. The highest BCUT2D eigenvalue weighted by Crippen LogP contribution is 2.30. The molecule has 2 aromatic rings. The van der Waals surface area contributed by atoms with Crippen LogP contribution in [-0.2, 0) is 6.42 Å². The Morgan fingerprint density at radius 3 is 2.76 bits per heavy atom. The highest BCUT2D eigenvalue weighted by Gasteiger charge is 2.09. The van der Waals surface area contributed by atoms with Gasteiger partial charge in [-0.05, 0) is 43.3 Å². The number of benzene rings is 1. The Bertz CT molecular complexity index is 510. The van der Waals surface area contributed by atoms with E-state index in [-0.39, 0.29) is 0 Å². The van der Waals surface area contributed by atoms with E-state index < -0.39 is 0 Å². The van der Waals surface area contributed by atoms with Gasteiger partial charge in [0.05, 0.1) is 0 Å². The van der Waals surface area contributed by atoms with Gasteiger partial charge >= 0.3 is 0 Å². The summed E-state index contributed by atoms with van der Waals surface area (Å²) < 4.78 is 5.36. The van der Waals surface area contributed by atoms with Crippen molar-refractivity contribution in [3.63, 3.8) is 0 Å². The van der Waals surface area contributed by atoms with Gasteiger partial charge in [-0.15, -0.1) is 10.2 Å². The monoisotopic (exact) mass is 249 g/mol. The molecule has 2 N–H and O–H groups in total. The summed E-state index contributed by atoms with van der Waals surface area (Å²) in [6.07, 6.45) is 0.858. The summed E-state index contributed by atoms with van der Waals surface area (Å²) in [7, 11) is 0. The minimum absolute atomic E-state index is 0.574. The standard InChI is InChI=1S/C12H15N3OS/c1-8-3-4-11(10(7-8)5-6-13)17-12-15-14-9(2)16-12/h3-4,7H,5-6,13H2,1-2H3. The fourth-order valence-corrected chi connectivity index (χ4v) is 2.43. The lowest BCUT2D eigenvalue weighted by molar-refractivity contribution is 0.429. The third-order valence-corrected chi connectivity index (χ3v) is 3.29. The maximum Gasteiger partial charge on any atom is 0.281 e. The largest absolute Gasteiger partial charge is 0.416 e. The summed E-state index contributed by atoms with van der Waals surface area (Å²) in [5.41, 5.74) is 8.08. The normalized spacial score (nSPS) is 10.8. The molecule has 0 atom stereocenters. The summed E-state index contributed by atoms with van der Waals surface area (Å²) in [5.74, 6) is 0.583. The average molecular weight is 249 g/mol. The van der Waals surface area contributed by atoms with Gasteiger partial charge in [-0.3, -0.25) is 0 Å². The van der Waals surface area contributed by atoms with Gasteiger partial charge in [-0.1, -0.05) is 17.7 Å². The van der Waals surface area contributed by atoms with E-state index in [4.69, 9.17) is 10.2 Å². The molecule has 1 heterocycles. The zero-order valence-electron chi connectivity index (χ0n) is 9.93. The Kier molecular flexibility index (Phi) is 3.81. The molecule has 5 heteroatoms. The molecule has 0 bridgehead atoms. The van der Waals surface area contributed by atoms with Crippen LogP contribution in [0, 0.1) is 13.8 Å². The first kappa shape index (κ1) is 12.1. The van der Waals surface area contributed by atoms with Crippen molar-refractivity contribution in [3.8, 4) is 0 Å². The fourth-order valence-electron chi connectivity index (χ4n) is 1.57. The Hall–Kier alpha value is -1.33. The van der Waals surface area contributed by atoms with Crippen LogP contribution in [0.5, 0.6) is 0 Å². The van der Waals surface area contributed by atoms with Gasteiger partial charge < -0.3 is 10.2 Å². The molecule has 0 aliphatic rings. The first-order valence-corrected chi connectivity index (χ1v) is 6.28. The number of nitrogens with zero attached hydrogens (tertiary/aromatic N) is 2. The van der Waals surface area contributed by atoms with E-state index in [1.807, 2.05) is 0 Å². The van der Waals surface area contributed by atoms with Crippen LogP contribution in [0.2, 0.25) is 0 Å². The summed E-state index contributed by atoms with van der Waals surface area (Å²) >= 11 is 1.49. The van der Waals surface area contributed by atoms with Crippen molar-refractivity contribution in [1.29, 1.82) is 0 Å². The molecule has 0 unspecified atom stereocenters. The number of aromatic nitrogens is 2.